The van der Waals surface area contributed by atoms with E-state index in [1.165, 1.54) is 23.1 Å². The summed E-state index contributed by atoms with van der Waals surface area (Å²) in [6, 6.07) is 7.13. The van der Waals surface area contributed by atoms with Crippen molar-refractivity contribution in [1.29, 1.82) is 0 Å². The lowest BCUT2D eigenvalue weighted by Gasteiger charge is -2.29. The topological polar surface area (TPSA) is 32.3 Å². The molecule has 1 aromatic carbocycles. The summed E-state index contributed by atoms with van der Waals surface area (Å²) in [5, 5.41) is 3.15. The van der Waals surface area contributed by atoms with E-state index in [4.69, 9.17) is 0 Å². The molecule has 1 unspecified atom stereocenters. The normalized spacial score (nSPS) is 19.4. The lowest BCUT2D eigenvalue weighted by molar-refractivity contribution is -0.124. The number of carbonyl (C=O) groups excluding carboxylic acids is 1. The summed E-state index contributed by atoms with van der Waals surface area (Å²) in [6.07, 6.45) is 3.26. The third kappa shape index (κ3) is 4.33. The fourth-order valence-corrected chi connectivity index (χ4v) is 3.28. The quantitative estimate of drug-likeness (QED) is 0.898. The van der Waals surface area contributed by atoms with Gasteiger partial charge in [-0.2, -0.15) is 0 Å². The van der Waals surface area contributed by atoms with Crippen LogP contribution < -0.4 is 5.32 Å². The highest BCUT2D eigenvalue weighted by atomic mass is 16.2. The Morgan fingerprint density at radius 1 is 1.27 bits per heavy atom. The van der Waals surface area contributed by atoms with Crippen LogP contribution in [-0.4, -0.2) is 29.4 Å². The van der Waals surface area contributed by atoms with Crippen LogP contribution in [0.5, 0.6) is 0 Å². The van der Waals surface area contributed by atoms with Crippen molar-refractivity contribution in [2.24, 2.45) is 0 Å². The van der Waals surface area contributed by atoms with Gasteiger partial charge < -0.3 is 5.32 Å². The molecule has 1 atom stereocenters. The lowest BCUT2D eigenvalue weighted by atomic mass is 9.99. The predicted octanol–water partition coefficient (Wildman–Crippen LogP) is 3.75. The number of rotatable bonds is 5. The molecule has 0 aliphatic carbocycles. The highest BCUT2D eigenvalue weighted by molar-refractivity contribution is 5.78. The second kappa shape index (κ2) is 6.82. The Kier molecular flexibility index (Phi) is 5.28. The van der Waals surface area contributed by atoms with Gasteiger partial charge in [0.1, 0.15) is 0 Å². The fraction of sp³-hybridized carbons (Fsp3) is 0.632. The summed E-state index contributed by atoms with van der Waals surface area (Å²) in [4.78, 5) is 14.7. The van der Waals surface area contributed by atoms with E-state index in [0.717, 1.165) is 19.4 Å². The second-order valence-corrected chi connectivity index (χ2v) is 7.34. The number of amides is 1. The minimum absolute atomic E-state index is 0.119. The van der Waals surface area contributed by atoms with Crippen LogP contribution in [0.1, 0.15) is 62.8 Å². The Hall–Kier alpha value is -1.35. The maximum Gasteiger partial charge on any atom is 0.234 e. The van der Waals surface area contributed by atoms with Crippen LogP contribution in [0.2, 0.25) is 0 Å². The molecule has 1 heterocycles. The molecule has 1 aromatic rings. The van der Waals surface area contributed by atoms with Crippen molar-refractivity contribution < 1.29 is 4.79 Å². The van der Waals surface area contributed by atoms with E-state index >= 15 is 0 Å². The summed E-state index contributed by atoms with van der Waals surface area (Å²) < 4.78 is 0. The SMILES string of the molecule is CCC(C)(C)NC(=O)CN1CCCC1c1cc(C)cc(C)c1. The number of benzene rings is 1. The van der Waals surface area contributed by atoms with Crippen LogP contribution >= 0.6 is 0 Å². The first-order valence-electron chi connectivity index (χ1n) is 8.44. The number of carbonyl (C=O) groups is 1. The smallest absolute Gasteiger partial charge is 0.234 e. The molecule has 3 nitrogen and oxygen atoms in total. The molecule has 1 aliphatic heterocycles. The summed E-state index contributed by atoms with van der Waals surface area (Å²) in [7, 11) is 0. The molecule has 122 valence electrons. The number of nitrogens with one attached hydrogen (secondary N) is 1. The number of hydrogen-bond acceptors (Lipinski definition) is 2. The van der Waals surface area contributed by atoms with Gasteiger partial charge in [-0.25, -0.2) is 0 Å². The Labute approximate surface area is 135 Å². The maximum atomic E-state index is 12.3. The molecule has 0 saturated carbocycles. The van der Waals surface area contributed by atoms with Crippen molar-refractivity contribution in [3.8, 4) is 0 Å². The fourth-order valence-electron chi connectivity index (χ4n) is 3.28. The van der Waals surface area contributed by atoms with E-state index < -0.39 is 0 Å². The molecule has 1 saturated heterocycles. The van der Waals surface area contributed by atoms with Gasteiger partial charge in [0.2, 0.25) is 5.91 Å². The zero-order valence-corrected chi connectivity index (χ0v) is 14.7. The summed E-state index contributed by atoms with van der Waals surface area (Å²) in [5.74, 6) is 0.142. The van der Waals surface area contributed by atoms with Crippen molar-refractivity contribution in [1.82, 2.24) is 10.2 Å². The highest BCUT2D eigenvalue weighted by Gasteiger charge is 2.29. The summed E-state index contributed by atoms with van der Waals surface area (Å²) >= 11 is 0. The highest BCUT2D eigenvalue weighted by Crippen LogP contribution is 2.32. The van der Waals surface area contributed by atoms with E-state index in [-0.39, 0.29) is 11.4 Å². The lowest BCUT2D eigenvalue weighted by Crippen LogP contribution is -2.47. The van der Waals surface area contributed by atoms with E-state index in [2.05, 4.69) is 63.0 Å². The van der Waals surface area contributed by atoms with Gasteiger partial charge in [-0.1, -0.05) is 36.2 Å². The van der Waals surface area contributed by atoms with Gasteiger partial charge in [-0.15, -0.1) is 0 Å². The Bertz CT molecular complexity index is 516. The zero-order valence-electron chi connectivity index (χ0n) is 14.7. The molecule has 0 spiro atoms. The van der Waals surface area contributed by atoms with Crippen molar-refractivity contribution in [2.75, 3.05) is 13.1 Å². The molecule has 1 fully saturated rings. The number of aryl methyl sites for hydroxylation is 2. The Morgan fingerprint density at radius 3 is 2.50 bits per heavy atom. The zero-order chi connectivity index (χ0) is 16.3. The first kappa shape index (κ1) is 17.0. The molecule has 22 heavy (non-hydrogen) atoms. The molecule has 1 aliphatic rings. The number of likely N-dealkylation sites (tertiary alicyclic amines) is 1. The third-order valence-corrected chi connectivity index (χ3v) is 4.70. The van der Waals surface area contributed by atoms with Crippen LogP contribution in [0.3, 0.4) is 0 Å². The number of hydrogen-bond donors (Lipinski definition) is 1. The Balaban J connectivity index is 2.06. The van der Waals surface area contributed by atoms with Crippen molar-refractivity contribution in [3.63, 3.8) is 0 Å². The van der Waals surface area contributed by atoms with Gasteiger partial charge in [0.15, 0.2) is 0 Å². The van der Waals surface area contributed by atoms with Crippen LogP contribution in [0, 0.1) is 13.8 Å². The van der Waals surface area contributed by atoms with Gasteiger partial charge >= 0.3 is 0 Å². The molecule has 0 bridgehead atoms. The molecule has 0 radical (unpaired) electrons. The monoisotopic (exact) mass is 302 g/mol. The first-order valence-corrected chi connectivity index (χ1v) is 8.44. The predicted molar refractivity (Wildman–Crippen MR) is 92.0 cm³/mol. The standard InChI is InChI=1S/C19H30N2O/c1-6-19(4,5)20-18(22)13-21-9-7-8-17(21)16-11-14(2)10-15(3)12-16/h10-12,17H,6-9,13H2,1-5H3,(H,20,22). The maximum absolute atomic E-state index is 12.3. The van der Waals surface area contributed by atoms with Gasteiger partial charge in [0, 0.05) is 11.6 Å². The van der Waals surface area contributed by atoms with Crippen LogP contribution in [0.15, 0.2) is 18.2 Å². The molecule has 1 amide bonds. The Morgan fingerprint density at radius 2 is 1.91 bits per heavy atom. The van der Waals surface area contributed by atoms with E-state index in [9.17, 15) is 4.79 Å². The number of nitrogens with zero attached hydrogens (tertiary/aromatic N) is 1. The van der Waals surface area contributed by atoms with Crippen molar-refractivity contribution in [3.05, 3.63) is 34.9 Å². The van der Waals surface area contributed by atoms with Crippen LogP contribution in [0.25, 0.3) is 0 Å². The molecule has 3 heteroatoms. The van der Waals surface area contributed by atoms with Gasteiger partial charge in [-0.05, 0) is 59.1 Å². The third-order valence-electron chi connectivity index (χ3n) is 4.70. The summed E-state index contributed by atoms with van der Waals surface area (Å²) in [6.45, 7) is 12.1. The summed E-state index contributed by atoms with van der Waals surface area (Å²) in [5.41, 5.74) is 3.85. The van der Waals surface area contributed by atoms with Crippen LogP contribution in [0.4, 0.5) is 0 Å². The average molecular weight is 302 g/mol. The van der Waals surface area contributed by atoms with E-state index in [1.807, 2.05) is 0 Å². The second-order valence-electron chi connectivity index (χ2n) is 7.34. The molecule has 1 N–H and O–H groups in total. The van der Waals surface area contributed by atoms with Crippen LogP contribution in [-0.2, 0) is 4.79 Å². The first-order chi connectivity index (χ1) is 10.3. The largest absolute Gasteiger partial charge is 0.350 e. The molecule has 0 aromatic heterocycles. The minimum atomic E-state index is -0.119. The van der Waals surface area contributed by atoms with Crippen molar-refractivity contribution >= 4 is 5.91 Å². The van der Waals surface area contributed by atoms with Gasteiger partial charge in [0.05, 0.1) is 6.54 Å². The molecular formula is C19H30N2O. The minimum Gasteiger partial charge on any atom is -0.350 e. The van der Waals surface area contributed by atoms with E-state index in [1.54, 1.807) is 0 Å². The van der Waals surface area contributed by atoms with Gasteiger partial charge in [0.25, 0.3) is 0 Å². The average Bonchev–Trinajstić information content (AvgIpc) is 2.85. The molecule has 2 rings (SSSR count). The van der Waals surface area contributed by atoms with Crippen molar-refractivity contribution in [2.45, 2.75) is 65.5 Å². The van der Waals surface area contributed by atoms with E-state index in [0.29, 0.717) is 12.6 Å². The molecular weight excluding hydrogens is 272 g/mol. The van der Waals surface area contributed by atoms with Gasteiger partial charge in [-0.3, -0.25) is 9.69 Å².